The highest BCUT2D eigenvalue weighted by Crippen LogP contribution is 2.15. The van der Waals surface area contributed by atoms with Gasteiger partial charge in [-0.2, -0.15) is 4.98 Å². The van der Waals surface area contributed by atoms with Crippen molar-refractivity contribution < 1.29 is 28.4 Å². The molecule has 6 N–H and O–H groups in total. The average Bonchev–Trinajstić information content (AvgIpc) is 3.36. The number of aryl methyl sites for hydroxylation is 1. The van der Waals surface area contributed by atoms with Crippen LogP contribution in [-0.4, -0.2) is 57.9 Å². The van der Waals surface area contributed by atoms with Gasteiger partial charge in [0, 0.05) is 42.9 Å². The number of aromatic nitrogens is 3. The number of nitrogens with one attached hydrogen (secondary N) is 2. The van der Waals surface area contributed by atoms with Crippen LogP contribution >= 0.6 is 0 Å². The van der Waals surface area contributed by atoms with E-state index in [9.17, 15) is 19.2 Å². The molecule has 0 radical (unpaired) electrons. The molecule has 37 heavy (non-hydrogen) atoms. The Balaban J connectivity index is 1.35. The Hall–Kier alpha value is -4.81. The molecular weight excluding hydrogens is 482 g/mol. The van der Waals surface area contributed by atoms with Crippen molar-refractivity contribution in [3.8, 4) is 17.1 Å². The zero-order valence-electron chi connectivity index (χ0n) is 19.9. The van der Waals surface area contributed by atoms with Crippen LogP contribution in [0.4, 0.5) is 0 Å². The standard InChI is InChI=1S/C24H27N7O6/c25-22(34)15-4-6-17(7-5-15)36-13-10-19(32)28-14-18(23(26)35)29-20(33)2-1-3-21-30-24(31-37-21)16-8-11-27-12-9-16/h4-9,11-12,18H,1-3,10,13-14H2,(H2,25,34)(H2,26,35)(H,28,32)(H,29,33)/t18-/m0/s1. The molecule has 0 aliphatic rings. The maximum Gasteiger partial charge on any atom is 0.248 e. The van der Waals surface area contributed by atoms with Crippen LogP contribution in [-0.2, 0) is 20.8 Å². The summed E-state index contributed by atoms with van der Waals surface area (Å²) in [5.41, 5.74) is 11.6. The molecule has 3 aromatic rings. The van der Waals surface area contributed by atoms with Crippen molar-refractivity contribution in [2.75, 3.05) is 13.2 Å². The largest absolute Gasteiger partial charge is 0.493 e. The second-order valence-electron chi connectivity index (χ2n) is 7.91. The lowest BCUT2D eigenvalue weighted by Gasteiger charge is -2.16. The topological polar surface area (TPSA) is 205 Å². The van der Waals surface area contributed by atoms with E-state index in [1.807, 2.05) is 0 Å². The summed E-state index contributed by atoms with van der Waals surface area (Å²) in [6, 6.07) is 8.59. The molecule has 2 heterocycles. The second-order valence-corrected chi connectivity index (χ2v) is 7.91. The Labute approximate surface area is 212 Å². The van der Waals surface area contributed by atoms with E-state index in [-0.39, 0.29) is 26.0 Å². The van der Waals surface area contributed by atoms with Crippen LogP contribution in [0.3, 0.4) is 0 Å². The Bertz CT molecular complexity index is 1210. The average molecular weight is 510 g/mol. The lowest BCUT2D eigenvalue weighted by molar-refractivity contribution is -0.128. The number of benzene rings is 1. The van der Waals surface area contributed by atoms with Gasteiger partial charge in [-0.25, -0.2) is 0 Å². The number of carbonyl (C=O) groups excluding carboxylic acids is 4. The number of rotatable bonds is 14. The van der Waals surface area contributed by atoms with Crippen LogP contribution in [0.1, 0.15) is 35.5 Å². The van der Waals surface area contributed by atoms with E-state index in [1.54, 1.807) is 36.7 Å². The predicted molar refractivity (Wildman–Crippen MR) is 130 cm³/mol. The third-order valence-corrected chi connectivity index (χ3v) is 5.12. The van der Waals surface area contributed by atoms with E-state index >= 15 is 0 Å². The Kier molecular flexibility index (Phi) is 9.65. The molecule has 3 rings (SSSR count). The van der Waals surface area contributed by atoms with Crippen LogP contribution in [0, 0.1) is 0 Å². The van der Waals surface area contributed by atoms with Gasteiger partial charge >= 0.3 is 0 Å². The van der Waals surface area contributed by atoms with Gasteiger partial charge in [-0.1, -0.05) is 5.16 Å². The van der Waals surface area contributed by atoms with E-state index in [4.69, 9.17) is 20.7 Å². The number of ether oxygens (including phenoxy) is 1. The van der Waals surface area contributed by atoms with Gasteiger partial charge in [0.05, 0.1) is 13.0 Å². The summed E-state index contributed by atoms with van der Waals surface area (Å²) < 4.78 is 10.6. The number of pyridine rings is 1. The maximum atomic E-state index is 12.3. The Morgan fingerprint density at radius 3 is 2.38 bits per heavy atom. The number of hydrogen-bond acceptors (Lipinski definition) is 9. The fraction of sp³-hybridized carbons (Fsp3) is 0.292. The van der Waals surface area contributed by atoms with E-state index in [2.05, 4.69) is 25.8 Å². The van der Waals surface area contributed by atoms with E-state index in [0.717, 1.165) is 5.56 Å². The minimum atomic E-state index is -1.07. The van der Waals surface area contributed by atoms with Gasteiger partial charge < -0.3 is 31.4 Å². The zero-order chi connectivity index (χ0) is 26.6. The van der Waals surface area contributed by atoms with Gasteiger partial charge in [0.1, 0.15) is 11.8 Å². The minimum Gasteiger partial charge on any atom is -0.493 e. The smallest absolute Gasteiger partial charge is 0.248 e. The van der Waals surface area contributed by atoms with Crippen LogP contribution < -0.4 is 26.8 Å². The van der Waals surface area contributed by atoms with Gasteiger partial charge in [0.25, 0.3) is 0 Å². The molecular formula is C24H27N7O6. The van der Waals surface area contributed by atoms with Crippen LogP contribution in [0.15, 0.2) is 53.3 Å². The normalized spacial score (nSPS) is 11.4. The third kappa shape index (κ3) is 8.72. The molecule has 1 atom stereocenters. The van der Waals surface area contributed by atoms with Crippen LogP contribution in [0.2, 0.25) is 0 Å². The predicted octanol–water partition coefficient (Wildman–Crippen LogP) is 0.109. The summed E-state index contributed by atoms with van der Waals surface area (Å²) >= 11 is 0. The maximum absolute atomic E-state index is 12.3. The van der Waals surface area contributed by atoms with E-state index < -0.39 is 29.7 Å². The van der Waals surface area contributed by atoms with Crippen molar-refractivity contribution in [3.63, 3.8) is 0 Å². The Morgan fingerprint density at radius 2 is 1.70 bits per heavy atom. The van der Waals surface area contributed by atoms with Crippen molar-refractivity contribution in [1.82, 2.24) is 25.8 Å². The third-order valence-electron chi connectivity index (χ3n) is 5.12. The van der Waals surface area contributed by atoms with E-state index in [1.165, 1.54) is 12.1 Å². The molecule has 0 saturated heterocycles. The molecule has 0 unspecified atom stereocenters. The SMILES string of the molecule is NC(=O)c1ccc(OCCC(=O)NC[C@H](NC(=O)CCCc2nc(-c3ccncc3)no2)C(N)=O)cc1. The van der Waals surface area contributed by atoms with Gasteiger partial charge in [-0.05, 0) is 42.8 Å². The minimum absolute atomic E-state index is 0.00264. The highest BCUT2D eigenvalue weighted by Gasteiger charge is 2.19. The number of nitrogens with two attached hydrogens (primary N) is 2. The number of nitrogens with zero attached hydrogens (tertiary/aromatic N) is 3. The summed E-state index contributed by atoms with van der Waals surface area (Å²) in [6.45, 7) is -0.0972. The van der Waals surface area contributed by atoms with Gasteiger partial charge in [0.2, 0.25) is 35.3 Å². The summed E-state index contributed by atoms with van der Waals surface area (Å²) in [5, 5.41) is 8.96. The number of primary amides is 2. The fourth-order valence-corrected chi connectivity index (χ4v) is 3.15. The summed E-state index contributed by atoms with van der Waals surface area (Å²) in [5.74, 6) is -0.857. The van der Waals surface area contributed by atoms with Crippen LogP contribution in [0.5, 0.6) is 5.75 Å². The summed E-state index contributed by atoms with van der Waals surface area (Å²) in [6.07, 6.45) is 4.10. The zero-order valence-corrected chi connectivity index (χ0v) is 19.9. The molecule has 0 aliphatic heterocycles. The number of hydrogen-bond donors (Lipinski definition) is 4. The highest BCUT2D eigenvalue weighted by atomic mass is 16.5. The van der Waals surface area contributed by atoms with Gasteiger partial charge in [-0.3, -0.25) is 24.2 Å². The molecule has 1 aromatic carbocycles. The quantitative estimate of drug-likeness (QED) is 0.232. The molecule has 13 heteroatoms. The Morgan fingerprint density at radius 1 is 0.973 bits per heavy atom. The van der Waals surface area contributed by atoms with Crippen molar-refractivity contribution in [2.24, 2.45) is 11.5 Å². The van der Waals surface area contributed by atoms with Gasteiger partial charge in [0.15, 0.2) is 0 Å². The summed E-state index contributed by atoms with van der Waals surface area (Å²) in [4.78, 5) is 55.3. The second kappa shape index (κ2) is 13.3. The van der Waals surface area contributed by atoms with Crippen molar-refractivity contribution in [2.45, 2.75) is 31.7 Å². The van der Waals surface area contributed by atoms with E-state index in [0.29, 0.717) is 35.9 Å². The fourth-order valence-electron chi connectivity index (χ4n) is 3.15. The molecule has 4 amide bonds. The molecule has 194 valence electrons. The molecule has 2 aromatic heterocycles. The van der Waals surface area contributed by atoms with Crippen molar-refractivity contribution in [3.05, 3.63) is 60.2 Å². The molecule has 0 spiro atoms. The molecule has 0 fully saturated rings. The first kappa shape index (κ1) is 26.8. The highest BCUT2D eigenvalue weighted by molar-refractivity contribution is 5.92. The summed E-state index contributed by atoms with van der Waals surface area (Å²) in [7, 11) is 0. The monoisotopic (exact) mass is 509 g/mol. The molecule has 0 bridgehead atoms. The first-order valence-corrected chi connectivity index (χ1v) is 11.4. The number of carbonyl (C=O) groups is 4. The van der Waals surface area contributed by atoms with Crippen molar-refractivity contribution in [1.29, 1.82) is 0 Å². The molecule has 0 aliphatic carbocycles. The number of amides is 4. The van der Waals surface area contributed by atoms with Crippen LogP contribution in [0.25, 0.3) is 11.4 Å². The van der Waals surface area contributed by atoms with Gasteiger partial charge in [-0.15, -0.1) is 0 Å². The lowest BCUT2D eigenvalue weighted by Crippen LogP contribution is -2.51. The molecule has 0 saturated carbocycles. The first-order valence-electron chi connectivity index (χ1n) is 11.4. The first-order chi connectivity index (χ1) is 17.8. The van der Waals surface area contributed by atoms with Crippen molar-refractivity contribution >= 4 is 23.6 Å². The lowest BCUT2D eigenvalue weighted by atomic mass is 10.2. The molecule has 13 nitrogen and oxygen atoms in total.